The van der Waals surface area contributed by atoms with Gasteiger partial charge in [0, 0.05) is 40.9 Å². The van der Waals surface area contributed by atoms with E-state index in [-0.39, 0.29) is 36.7 Å². The highest BCUT2D eigenvalue weighted by Crippen LogP contribution is 2.27. The number of nitrogens with one attached hydrogen (secondary N) is 2. The molecule has 1 atom stereocenters. The summed E-state index contributed by atoms with van der Waals surface area (Å²) in [5, 5.41) is 6.33. The Morgan fingerprint density at radius 2 is 1.81 bits per heavy atom. The maximum absolute atomic E-state index is 12.3. The highest BCUT2D eigenvalue weighted by atomic mass is 35.5. The van der Waals surface area contributed by atoms with Crippen molar-refractivity contribution in [3.8, 4) is 5.75 Å². The van der Waals surface area contributed by atoms with E-state index in [0.29, 0.717) is 40.3 Å². The number of halogens is 2. The summed E-state index contributed by atoms with van der Waals surface area (Å²) in [4.78, 5) is 38.1. The molecule has 1 heterocycles. The van der Waals surface area contributed by atoms with Crippen molar-refractivity contribution in [3.05, 3.63) is 52.5 Å². The van der Waals surface area contributed by atoms with Crippen molar-refractivity contribution < 1.29 is 19.1 Å². The Morgan fingerprint density at radius 3 is 2.45 bits per heavy atom. The molecule has 0 aliphatic carbocycles. The van der Waals surface area contributed by atoms with Crippen molar-refractivity contribution in [1.82, 2.24) is 5.32 Å². The minimum Gasteiger partial charge on any atom is -0.484 e. The van der Waals surface area contributed by atoms with Crippen molar-refractivity contribution in [2.24, 2.45) is 5.92 Å². The molecular weight excluding hydrogens is 441 g/mol. The summed E-state index contributed by atoms with van der Waals surface area (Å²) in [7, 11) is 0. The number of amides is 3. The Labute approximate surface area is 190 Å². The van der Waals surface area contributed by atoms with Gasteiger partial charge in [-0.05, 0) is 48.9 Å². The smallest absolute Gasteiger partial charge is 0.262 e. The van der Waals surface area contributed by atoms with E-state index >= 15 is 0 Å². The lowest BCUT2D eigenvalue weighted by Gasteiger charge is -2.17. The molecule has 0 radical (unpaired) electrons. The number of nitrogens with zero attached hydrogens (tertiary/aromatic N) is 1. The van der Waals surface area contributed by atoms with Crippen LogP contribution < -0.4 is 20.3 Å². The zero-order valence-electron chi connectivity index (χ0n) is 17.0. The Hall–Kier alpha value is -2.77. The first kappa shape index (κ1) is 22.9. The van der Waals surface area contributed by atoms with E-state index in [4.69, 9.17) is 27.9 Å². The molecule has 7 nitrogen and oxygen atoms in total. The van der Waals surface area contributed by atoms with Crippen LogP contribution in [0.5, 0.6) is 5.75 Å². The maximum atomic E-state index is 12.3. The molecule has 0 bridgehead atoms. The van der Waals surface area contributed by atoms with E-state index in [2.05, 4.69) is 10.6 Å². The van der Waals surface area contributed by atoms with Gasteiger partial charge in [0.25, 0.3) is 5.91 Å². The largest absolute Gasteiger partial charge is 0.484 e. The second-order valence-electron chi connectivity index (χ2n) is 7.19. The van der Waals surface area contributed by atoms with Gasteiger partial charge in [0.05, 0.1) is 5.92 Å². The summed E-state index contributed by atoms with van der Waals surface area (Å²) in [6.07, 6.45) is 1.05. The van der Waals surface area contributed by atoms with E-state index in [1.54, 1.807) is 47.4 Å². The van der Waals surface area contributed by atoms with E-state index in [1.165, 1.54) is 0 Å². The molecule has 9 heteroatoms. The van der Waals surface area contributed by atoms with Crippen molar-refractivity contribution in [2.45, 2.75) is 19.8 Å². The number of hydrogen-bond donors (Lipinski definition) is 2. The molecule has 2 N–H and O–H groups in total. The normalized spacial score (nSPS) is 15.6. The average Bonchev–Trinajstić information content (AvgIpc) is 3.12. The summed E-state index contributed by atoms with van der Waals surface area (Å²) in [6, 6.07) is 11.6. The predicted octanol–water partition coefficient (Wildman–Crippen LogP) is 3.89. The zero-order valence-corrected chi connectivity index (χ0v) is 18.5. The van der Waals surface area contributed by atoms with Crippen molar-refractivity contribution >= 4 is 52.3 Å². The van der Waals surface area contributed by atoms with Crippen molar-refractivity contribution in [2.75, 3.05) is 29.9 Å². The van der Waals surface area contributed by atoms with Crippen LogP contribution >= 0.6 is 23.2 Å². The van der Waals surface area contributed by atoms with Gasteiger partial charge in [-0.15, -0.1) is 0 Å². The number of carbonyl (C=O) groups excluding carboxylic acids is 3. The zero-order chi connectivity index (χ0) is 22.4. The monoisotopic (exact) mass is 463 g/mol. The van der Waals surface area contributed by atoms with E-state index in [0.717, 1.165) is 6.42 Å². The third kappa shape index (κ3) is 6.35. The number of anilines is 2. The number of ether oxygens (including phenoxy) is 1. The molecule has 1 saturated heterocycles. The van der Waals surface area contributed by atoms with E-state index in [9.17, 15) is 14.4 Å². The Balaban J connectivity index is 1.52. The summed E-state index contributed by atoms with van der Waals surface area (Å²) < 4.78 is 5.50. The topological polar surface area (TPSA) is 87.7 Å². The van der Waals surface area contributed by atoms with Gasteiger partial charge in [0.1, 0.15) is 5.75 Å². The summed E-state index contributed by atoms with van der Waals surface area (Å²) >= 11 is 11.8. The lowest BCUT2D eigenvalue weighted by atomic mass is 10.1. The molecule has 1 fully saturated rings. The van der Waals surface area contributed by atoms with Crippen LogP contribution in [0.1, 0.15) is 19.8 Å². The molecule has 3 amide bonds. The standard InChI is InChI=1S/C22H23Cl2N3O4/c1-2-7-25-22(30)14-8-21(29)27(12-14)18-3-5-19(6-4-18)31-13-20(28)26-17-10-15(23)9-16(24)11-17/h3-6,9-11,14H,2,7-8,12-13H2,1H3,(H,25,30)(H,26,28)/t14-/m1/s1. The van der Waals surface area contributed by atoms with Crippen molar-refractivity contribution in [1.29, 1.82) is 0 Å². The van der Waals surface area contributed by atoms with Crippen LogP contribution in [0.4, 0.5) is 11.4 Å². The van der Waals surface area contributed by atoms with Gasteiger partial charge in [-0.25, -0.2) is 0 Å². The molecule has 1 aliphatic rings. The molecular formula is C22H23Cl2N3O4. The second kappa shape index (κ2) is 10.5. The number of benzene rings is 2. The quantitative estimate of drug-likeness (QED) is 0.621. The molecule has 2 aromatic carbocycles. The first-order valence-electron chi connectivity index (χ1n) is 9.92. The van der Waals surface area contributed by atoms with Gasteiger partial charge in [-0.3, -0.25) is 14.4 Å². The SMILES string of the molecule is CCCNC(=O)[C@@H]1CC(=O)N(c2ccc(OCC(=O)Nc3cc(Cl)cc(Cl)c3)cc2)C1. The van der Waals surface area contributed by atoms with Crippen LogP contribution in [0.15, 0.2) is 42.5 Å². The molecule has 164 valence electrons. The van der Waals surface area contributed by atoms with Crippen LogP contribution in [0.3, 0.4) is 0 Å². The molecule has 0 saturated carbocycles. The van der Waals surface area contributed by atoms with Gasteiger partial charge >= 0.3 is 0 Å². The predicted molar refractivity (Wildman–Crippen MR) is 121 cm³/mol. The minimum absolute atomic E-state index is 0.0927. The molecule has 0 aromatic heterocycles. The third-order valence-corrected chi connectivity index (χ3v) is 5.15. The molecule has 1 aliphatic heterocycles. The van der Waals surface area contributed by atoms with Gasteiger partial charge in [0.15, 0.2) is 6.61 Å². The Bertz CT molecular complexity index is 945. The minimum atomic E-state index is -0.363. The fourth-order valence-corrected chi connectivity index (χ4v) is 3.75. The van der Waals surface area contributed by atoms with Crippen LogP contribution in [-0.2, 0) is 14.4 Å². The summed E-state index contributed by atoms with van der Waals surface area (Å²) in [5.74, 6) is -0.418. The van der Waals surface area contributed by atoms with Crippen LogP contribution in [0.2, 0.25) is 10.0 Å². The Kier molecular flexibility index (Phi) is 7.76. The lowest BCUT2D eigenvalue weighted by molar-refractivity contribution is -0.126. The lowest BCUT2D eigenvalue weighted by Crippen LogP contribution is -2.33. The molecule has 31 heavy (non-hydrogen) atoms. The van der Waals surface area contributed by atoms with Gasteiger partial charge in [-0.2, -0.15) is 0 Å². The highest BCUT2D eigenvalue weighted by molar-refractivity contribution is 6.35. The van der Waals surface area contributed by atoms with Crippen LogP contribution in [-0.4, -0.2) is 37.4 Å². The molecule has 2 aromatic rings. The molecule has 0 spiro atoms. The fourth-order valence-electron chi connectivity index (χ4n) is 3.22. The summed E-state index contributed by atoms with van der Waals surface area (Å²) in [5.41, 5.74) is 1.16. The highest BCUT2D eigenvalue weighted by Gasteiger charge is 2.34. The number of carbonyl (C=O) groups is 3. The fraction of sp³-hybridized carbons (Fsp3) is 0.318. The van der Waals surface area contributed by atoms with Crippen molar-refractivity contribution in [3.63, 3.8) is 0 Å². The molecule has 3 rings (SSSR count). The first-order valence-corrected chi connectivity index (χ1v) is 10.7. The van der Waals surface area contributed by atoms with Crippen LogP contribution in [0.25, 0.3) is 0 Å². The number of rotatable bonds is 8. The summed E-state index contributed by atoms with van der Waals surface area (Å²) in [6.45, 7) is 2.73. The van der Waals surface area contributed by atoms with Gasteiger partial charge in [0.2, 0.25) is 11.8 Å². The van der Waals surface area contributed by atoms with E-state index in [1.807, 2.05) is 6.92 Å². The van der Waals surface area contributed by atoms with E-state index < -0.39 is 0 Å². The third-order valence-electron chi connectivity index (χ3n) is 4.71. The van der Waals surface area contributed by atoms with Gasteiger partial charge in [-0.1, -0.05) is 30.1 Å². The first-order chi connectivity index (χ1) is 14.9. The molecule has 0 unspecified atom stereocenters. The second-order valence-corrected chi connectivity index (χ2v) is 8.06. The Morgan fingerprint density at radius 1 is 1.13 bits per heavy atom. The average molecular weight is 464 g/mol. The number of hydrogen-bond acceptors (Lipinski definition) is 4. The van der Waals surface area contributed by atoms with Gasteiger partial charge < -0.3 is 20.3 Å². The maximum Gasteiger partial charge on any atom is 0.262 e. The van der Waals surface area contributed by atoms with Crippen LogP contribution in [0, 0.1) is 5.92 Å².